The van der Waals surface area contributed by atoms with Gasteiger partial charge in [0.05, 0.1) is 10.6 Å². The minimum Gasteiger partial charge on any atom is -0.352 e. The van der Waals surface area contributed by atoms with Crippen molar-refractivity contribution in [3.63, 3.8) is 0 Å². The van der Waals surface area contributed by atoms with Crippen molar-refractivity contribution in [2.45, 2.75) is 45.4 Å². The summed E-state index contributed by atoms with van der Waals surface area (Å²) >= 11 is 0. The van der Waals surface area contributed by atoms with Gasteiger partial charge in [0.1, 0.15) is 0 Å². The van der Waals surface area contributed by atoms with Crippen LogP contribution in [0.5, 0.6) is 0 Å². The van der Waals surface area contributed by atoms with Gasteiger partial charge >= 0.3 is 0 Å². The van der Waals surface area contributed by atoms with Crippen molar-refractivity contribution in [3.05, 3.63) is 58.7 Å². The Morgan fingerprint density at radius 3 is 2.38 bits per heavy atom. The Bertz CT molecular complexity index is 905. The lowest BCUT2D eigenvalue weighted by Crippen LogP contribution is -2.25. The molecule has 0 radical (unpaired) electrons. The molecule has 0 aliphatic rings. The van der Waals surface area contributed by atoms with E-state index in [-0.39, 0.29) is 10.8 Å². The Morgan fingerprint density at radius 1 is 1.00 bits per heavy atom. The molecule has 0 saturated carbocycles. The van der Waals surface area contributed by atoms with E-state index in [0.717, 1.165) is 24.0 Å². The van der Waals surface area contributed by atoms with E-state index in [2.05, 4.69) is 10.0 Å². The number of amides is 1. The number of nitrogens with one attached hydrogen (secondary N) is 2. The summed E-state index contributed by atoms with van der Waals surface area (Å²) in [6.07, 6.45) is 1.87. The van der Waals surface area contributed by atoms with Crippen LogP contribution < -0.4 is 10.0 Å². The van der Waals surface area contributed by atoms with E-state index < -0.39 is 10.0 Å². The Morgan fingerprint density at radius 2 is 1.69 bits per heavy atom. The summed E-state index contributed by atoms with van der Waals surface area (Å²) in [6.45, 7) is 8.09. The molecule has 0 aliphatic heterocycles. The normalized spacial score (nSPS) is 11.2. The third kappa shape index (κ3) is 4.85. The van der Waals surface area contributed by atoms with Crippen molar-refractivity contribution in [2.75, 3.05) is 11.3 Å². The zero-order valence-electron chi connectivity index (χ0n) is 15.7. The van der Waals surface area contributed by atoms with Gasteiger partial charge in [-0.25, -0.2) is 8.42 Å². The third-order valence-electron chi connectivity index (χ3n) is 4.19. The van der Waals surface area contributed by atoms with E-state index in [1.54, 1.807) is 25.1 Å². The molecule has 2 aromatic rings. The highest BCUT2D eigenvalue weighted by Crippen LogP contribution is 2.23. The molecule has 0 unspecified atom stereocenters. The van der Waals surface area contributed by atoms with Crippen molar-refractivity contribution in [3.8, 4) is 0 Å². The molecule has 2 rings (SSSR count). The smallest absolute Gasteiger partial charge is 0.262 e. The van der Waals surface area contributed by atoms with Crippen LogP contribution in [0.3, 0.4) is 0 Å². The molecule has 2 aromatic carbocycles. The molecule has 0 saturated heterocycles. The Balaban J connectivity index is 2.32. The average Bonchev–Trinajstić information content (AvgIpc) is 2.58. The highest BCUT2D eigenvalue weighted by Gasteiger charge is 2.20. The molecule has 2 N–H and O–H groups in total. The summed E-state index contributed by atoms with van der Waals surface area (Å²) < 4.78 is 28.4. The van der Waals surface area contributed by atoms with Gasteiger partial charge in [-0.15, -0.1) is 0 Å². The van der Waals surface area contributed by atoms with Gasteiger partial charge in [-0.2, -0.15) is 0 Å². The minimum atomic E-state index is -3.79. The van der Waals surface area contributed by atoms with Crippen LogP contribution in [0.1, 0.15) is 46.8 Å². The monoisotopic (exact) mass is 374 g/mol. The van der Waals surface area contributed by atoms with Crippen LogP contribution in [0.25, 0.3) is 0 Å². The minimum absolute atomic E-state index is 0.113. The van der Waals surface area contributed by atoms with Crippen LogP contribution in [0, 0.1) is 20.8 Å². The maximum Gasteiger partial charge on any atom is 0.262 e. The molecule has 6 heteroatoms. The quantitative estimate of drug-likeness (QED) is 0.721. The molecule has 0 bridgehead atoms. The van der Waals surface area contributed by atoms with Crippen LogP contribution in [0.4, 0.5) is 5.69 Å². The molecule has 0 aliphatic carbocycles. The molecular formula is C20H26N2O3S. The number of hydrogen-bond donors (Lipinski definition) is 2. The first kappa shape index (κ1) is 20.0. The fourth-order valence-corrected chi connectivity index (χ4v) is 3.95. The second-order valence-corrected chi connectivity index (χ2v) is 8.16. The Hall–Kier alpha value is -2.34. The summed E-state index contributed by atoms with van der Waals surface area (Å²) in [5, 5.41) is 2.81. The molecule has 0 fully saturated rings. The molecule has 0 spiro atoms. The molecule has 0 atom stereocenters. The number of sulfonamides is 1. The predicted octanol–water partition coefficient (Wildman–Crippen LogP) is 3.94. The first-order valence-corrected chi connectivity index (χ1v) is 10.2. The maximum atomic E-state index is 12.9. The van der Waals surface area contributed by atoms with Crippen molar-refractivity contribution < 1.29 is 13.2 Å². The third-order valence-corrected chi connectivity index (χ3v) is 5.70. The maximum absolute atomic E-state index is 12.9. The van der Waals surface area contributed by atoms with Gasteiger partial charge in [0, 0.05) is 12.1 Å². The summed E-state index contributed by atoms with van der Waals surface area (Å²) in [6, 6.07) is 10.3. The first-order chi connectivity index (χ1) is 12.2. The van der Waals surface area contributed by atoms with E-state index in [9.17, 15) is 13.2 Å². The van der Waals surface area contributed by atoms with E-state index in [1.165, 1.54) is 6.07 Å². The molecule has 140 valence electrons. The number of unbranched alkanes of at least 4 members (excludes halogenated alkanes) is 1. The summed E-state index contributed by atoms with van der Waals surface area (Å²) in [5.74, 6) is -0.262. The molecular weight excluding hydrogens is 348 g/mol. The summed E-state index contributed by atoms with van der Waals surface area (Å²) in [4.78, 5) is 12.4. The van der Waals surface area contributed by atoms with Crippen LogP contribution >= 0.6 is 0 Å². The van der Waals surface area contributed by atoms with Crippen molar-refractivity contribution in [1.29, 1.82) is 0 Å². The number of aryl methyl sites for hydroxylation is 3. The fraction of sp³-hybridized carbons (Fsp3) is 0.350. The SMILES string of the molecule is CCCCNC(=O)c1ccc(C)c(S(=O)(=O)Nc2cc(C)ccc2C)c1. The van der Waals surface area contributed by atoms with E-state index >= 15 is 0 Å². The number of hydrogen-bond acceptors (Lipinski definition) is 3. The lowest BCUT2D eigenvalue weighted by atomic mass is 10.1. The van der Waals surface area contributed by atoms with E-state index in [4.69, 9.17) is 0 Å². The van der Waals surface area contributed by atoms with Gasteiger partial charge in [0.2, 0.25) is 0 Å². The van der Waals surface area contributed by atoms with Gasteiger partial charge in [-0.05, 0) is 62.1 Å². The van der Waals surface area contributed by atoms with Crippen LogP contribution in [-0.4, -0.2) is 20.9 Å². The molecule has 5 nitrogen and oxygen atoms in total. The van der Waals surface area contributed by atoms with Gasteiger partial charge in [0.25, 0.3) is 15.9 Å². The summed E-state index contributed by atoms with van der Waals surface area (Å²) in [5.41, 5.74) is 3.28. The second kappa shape index (κ2) is 8.36. The number of benzene rings is 2. The molecule has 26 heavy (non-hydrogen) atoms. The van der Waals surface area contributed by atoms with Gasteiger partial charge in [-0.3, -0.25) is 9.52 Å². The van der Waals surface area contributed by atoms with Gasteiger partial charge in [-0.1, -0.05) is 31.5 Å². The van der Waals surface area contributed by atoms with Crippen molar-refractivity contribution in [1.82, 2.24) is 5.32 Å². The fourth-order valence-electron chi connectivity index (χ4n) is 2.56. The Labute approximate surface area is 155 Å². The number of carbonyl (C=O) groups excluding carboxylic acids is 1. The van der Waals surface area contributed by atoms with Crippen LogP contribution in [0.2, 0.25) is 0 Å². The number of rotatable bonds is 7. The number of carbonyl (C=O) groups is 1. The van der Waals surface area contributed by atoms with Crippen molar-refractivity contribution >= 4 is 21.6 Å². The van der Waals surface area contributed by atoms with E-state index in [0.29, 0.717) is 23.4 Å². The predicted molar refractivity (Wildman–Crippen MR) is 105 cm³/mol. The zero-order valence-corrected chi connectivity index (χ0v) is 16.5. The average molecular weight is 375 g/mol. The highest BCUT2D eigenvalue weighted by molar-refractivity contribution is 7.92. The standard InChI is InChI=1S/C20H26N2O3S/c1-5-6-11-21-20(23)17-10-9-16(4)19(13-17)26(24,25)22-18-12-14(2)7-8-15(18)3/h7-10,12-13,22H,5-6,11H2,1-4H3,(H,21,23). The largest absolute Gasteiger partial charge is 0.352 e. The molecule has 1 amide bonds. The van der Waals surface area contributed by atoms with Crippen LogP contribution in [-0.2, 0) is 10.0 Å². The van der Waals surface area contributed by atoms with Crippen LogP contribution in [0.15, 0.2) is 41.3 Å². The van der Waals surface area contributed by atoms with Gasteiger partial charge < -0.3 is 5.32 Å². The molecule has 0 heterocycles. The second-order valence-electron chi connectivity index (χ2n) is 6.51. The summed E-state index contributed by atoms with van der Waals surface area (Å²) in [7, 11) is -3.79. The topological polar surface area (TPSA) is 75.3 Å². The zero-order chi connectivity index (χ0) is 19.3. The highest BCUT2D eigenvalue weighted by atomic mass is 32.2. The van der Waals surface area contributed by atoms with Gasteiger partial charge in [0.15, 0.2) is 0 Å². The van der Waals surface area contributed by atoms with Crippen molar-refractivity contribution in [2.24, 2.45) is 0 Å². The molecule has 0 aromatic heterocycles. The lowest BCUT2D eigenvalue weighted by Gasteiger charge is -2.14. The number of anilines is 1. The first-order valence-electron chi connectivity index (χ1n) is 8.73. The van der Waals surface area contributed by atoms with E-state index in [1.807, 2.05) is 32.9 Å². The Kier molecular flexibility index (Phi) is 6.42. The lowest BCUT2D eigenvalue weighted by molar-refractivity contribution is 0.0953.